The number of hydrogen-bond donors (Lipinski definition) is 1. The Kier molecular flexibility index (Phi) is 5.08. The molecule has 0 radical (unpaired) electrons. The zero-order chi connectivity index (χ0) is 20.5. The predicted octanol–water partition coefficient (Wildman–Crippen LogP) is 4.78. The molecule has 5 nitrogen and oxygen atoms in total. The molecule has 0 aliphatic rings. The molecule has 0 aliphatic carbocycles. The summed E-state index contributed by atoms with van der Waals surface area (Å²) in [6.45, 7) is 3.30. The van der Waals surface area contributed by atoms with E-state index in [2.05, 4.69) is 15.2 Å². The topological polar surface area (TPSA) is 56.2 Å². The molecule has 0 fully saturated rings. The van der Waals surface area contributed by atoms with Crippen molar-refractivity contribution < 1.29 is 27.1 Å². The zero-order valence-corrected chi connectivity index (χ0v) is 14.8. The molecule has 2 aromatic carbocycles. The number of halogens is 4. The molecule has 3 rings (SSSR count). The molecule has 0 spiro atoms. The molecule has 0 saturated heterocycles. The Morgan fingerprint density at radius 3 is 2.43 bits per heavy atom. The first-order chi connectivity index (χ1) is 13.1. The van der Waals surface area contributed by atoms with Gasteiger partial charge >= 0.3 is 6.36 Å². The van der Waals surface area contributed by atoms with Gasteiger partial charge < -0.3 is 10.1 Å². The third-order valence-electron chi connectivity index (χ3n) is 3.92. The lowest BCUT2D eigenvalue weighted by molar-refractivity contribution is -0.274. The molecule has 1 N–H and O–H groups in total. The van der Waals surface area contributed by atoms with Gasteiger partial charge in [0.1, 0.15) is 11.6 Å². The molecule has 0 saturated carbocycles. The molecule has 1 amide bonds. The van der Waals surface area contributed by atoms with Gasteiger partial charge in [0.2, 0.25) is 0 Å². The van der Waals surface area contributed by atoms with E-state index in [0.29, 0.717) is 17.1 Å². The van der Waals surface area contributed by atoms with Crippen LogP contribution in [0.25, 0.3) is 5.69 Å². The fraction of sp³-hybridized carbons (Fsp3) is 0.158. The summed E-state index contributed by atoms with van der Waals surface area (Å²) < 4.78 is 55.5. The summed E-state index contributed by atoms with van der Waals surface area (Å²) in [4.78, 5) is 12.7. The van der Waals surface area contributed by atoms with Crippen LogP contribution < -0.4 is 10.1 Å². The highest BCUT2D eigenvalue weighted by Gasteiger charge is 2.31. The van der Waals surface area contributed by atoms with Crippen LogP contribution in [0.2, 0.25) is 0 Å². The van der Waals surface area contributed by atoms with Gasteiger partial charge in [0.05, 0.1) is 22.6 Å². The van der Waals surface area contributed by atoms with E-state index >= 15 is 0 Å². The number of amides is 1. The monoisotopic (exact) mass is 393 g/mol. The summed E-state index contributed by atoms with van der Waals surface area (Å²) in [7, 11) is 0. The highest BCUT2D eigenvalue weighted by molar-refractivity contribution is 6.06. The summed E-state index contributed by atoms with van der Waals surface area (Å²) in [5.41, 5.74) is 1.90. The number of nitrogens with one attached hydrogen (secondary N) is 1. The lowest BCUT2D eigenvalue weighted by Crippen LogP contribution is -2.18. The fourth-order valence-electron chi connectivity index (χ4n) is 2.77. The highest BCUT2D eigenvalue weighted by Crippen LogP contribution is 2.26. The Bertz CT molecular complexity index is 1010. The summed E-state index contributed by atoms with van der Waals surface area (Å²) in [5, 5.41) is 6.84. The van der Waals surface area contributed by atoms with Crippen molar-refractivity contribution in [2.24, 2.45) is 0 Å². The summed E-state index contributed by atoms with van der Waals surface area (Å²) >= 11 is 0. The van der Waals surface area contributed by atoms with Gasteiger partial charge in [-0.3, -0.25) is 4.79 Å². The van der Waals surface area contributed by atoms with Crippen LogP contribution in [0.4, 0.5) is 23.2 Å². The van der Waals surface area contributed by atoms with Crippen molar-refractivity contribution in [3.05, 3.63) is 71.3 Å². The molecular formula is C19H15F4N3O2. The van der Waals surface area contributed by atoms with Crippen LogP contribution in [0, 0.1) is 19.7 Å². The number of anilines is 1. The second-order valence-corrected chi connectivity index (χ2v) is 5.96. The maximum absolute atomic E-state index is 13.1. The van der Waals surface area contributed by atoms with Crippen LogP contribution in [-0.4, -0.2) is 22.1 Å². The number of carbonyl (C=O) groups excluding carboxylic acids is 1. The summed E-state index contributed by atoms with van der Waals surface area (Å²) in [6.07, 6.45) is -4.83. The molecule has 28 heavy (non-hydrogen) atoms. The zero-order valence-electron chi connectivity index (χ0n) is 14.8. The first kappa shape index (κ1) is 19.4. The number of ether oxygens (including phenoxy) is 1. The largest absolute Gasteiger partial charge is 0.573 e. The van der Waals surface area contributed by atoms with E-state index in [1.807, 2.05) is 0 Å². The molecule has 146 valence electrons. The van der Waals surface area contributed by atoms with Crippen LogP contribution in [0.5, 0.6) is 5.75 Å². The number of benzene rings is 2. The molecule has 0 atom stereocenters. The van der Waals surface area contributed by atoms with E-state index in [4.69, 9.17) is 0 Å². The Balaban J connectivity index is 1.86. The number of rotatable bonds is 4. The van der Waals surface area contributed by atoms with Gasteiger partial charge in [-0.25, -0.2) is 9.07 Å². The number of nitrogens with zero attached hydrogens (tertiary/aromatic N) is 2. The van der Waals surface area contributed by atoms with Gasteiger partial charge in [-0.15, -0.1) is 13.2 Å². The maximum Gasteiger partial charge on any atom is 0.573 e. The van der Waals surface area contributed by atoms with Crippen LogP contribution in [0.15, 0.2) is 48.5 Å². The fourth-order valence-corrected chi connectivity index (χ4v) is 2.77. The predicted molar refractivity (Wildman–Crippen MR) is 94.1 cm³/mol. The van der Waals surface area contributed by atoms with Crippen molar-refractivity contribution in [3.63, 3.8) is 0 Å². The van der Waals surface area contributed by atoms with Crippen molar-refractivity contribution >= 4 is 11.6 Å². The van der Waals surface area contributed by atoms with E-state index in [1.165, 1.54) is 41.1 Å². The summed E-state index contributed by atoms with van der Waals surface area (Å²) in [6, 6.07) is 10.6. The van der Waals surface area contributed by atoms with E-state index in [9.17, 15) is 22.4 Å². The molecule has 9 heteroatoms. The smallest absolute Gasteiger partial charge is 0.406 e. The SMILES string of the molecule is Cc1nn(-c2ccc(F)cc2)c(C)c1C(=O)Nc1cccc(OC(F)(F)F)c1. The Labute approximate surface area is 157 Å². The first-order valence-electron chi connectivity index (χ1n) is 8.13. The van der Waals surface area contributed by atoms with Gasteiger partial charge in [-0.2, -0.15) is 5.10 Å². The average Bonchev–Trinajstić information content (AvgIpc) is 2.89. The number of aromatic nitrogens is 2. The van der Waals surface area contributed by atoms with Gasteiger partial charge in [-0.05, 0) is 50.2 Å². The quantitative estimate of drug-likeness (QED) is 0.649. The van der Waals surface area contributed by atoms with Gasteiger partial charge in [0.15, 0.2) is 0 Å². The molecule has 0 bridgehead atoms. The Morgan fingerprint density at radius 1 is 1.11 bits per heavy atom. The van der Waals surface area contributed by atoms with E-state index in [-0.39, 0.29) is 11.3 Å². The average molecular weight is 393 g/mol. The summed E-state index contributed by atoms with van der Waals surface area (Å²) in [5.74, 6) is -1.38. The van der Waals surface area contributed by atoms with Crippen molar-refractivity contribution in [2.45, 2.75) is 20.2 Å². The molecule has 3 aromatic rings. The third kappa shape index (κ3) is 4.30. The van der Waals surface area contributed by atoms with Crippen molar-refractivity contribution in [1.82, 2.24) is 9.78 Å². The molecule has 0 unspecified atom stereocenters. The minimum atomic E-state index is -4.83. The Morgan fingerprint density at radius 2 is 1.79 bits per heavy atom. The van der Waals surface area contributed by atoms with Crippen molar-refractivity contribution in [3.8, 4) is 11.4 Å². The second kappa shape index (κ2) is 7.34. The minimum absolute atomic E-state index is 0.139. The Hall–Kier alpha value is -3.36. The molecule has 0 aliphatic heterocycles. The van der Waals surface area contributed by atoms with E-state index in [1.54, 1.807) is 13.8 Å². The van der Waals surface area contributed by atoms with Gasteiger partial charge in [0.25, 0.3) is 5.91 Å². The van der Waals surface area contributed by atoms with Gasteiger partial charge in [0, 0.05) is 11.8 Å². The lowest BCUT2D eigenvalue weighted by Gasteiger charge is -2.11. The van der Waals surface area contributed by atoms with Crippen molar-refractivity contribution in [1.29, 1.82) is 0 Å². The number of alkyl halides is 3. The number of aryl methyl sites for hydroxylation is 1. The van der Waals surface area contributed by atoms with E-state index < -0.39 is 23.8 Å². The third-order valence-corrected chi connectivity index (χ3v) is 3.92. The second-order valence-electron chi connectivity index (χ2n) is 5.96. The van der Waals surface area contributed by atoms with Crippen molar-refractivity contribution in [2.75, 3.05) is 5.32 Å². The maximum atomic E-state index is 13.1. The van der Waals surface area contributed by atoms with Crippen LogP contribution in [0.1, 0.15) is 21.7 Å². The molecular weight excluding hydrogens is 378 g/mol. The van der Waals surface area contributed by atoms with Crippen LogP contribution in [0.3, 0.4) is 0 Å². The van der Waals surface area contributed by atoms with Crippen LogP contribution >= 0.6 is 0 Å². The van der Waals surface area contributed by atoms with Crippen LogP contribution in [-0.2, 0) is 0 Å². The number of carbonyl (C=O) groups is 1. The standard InChI is InChI=1S/C19H15F4N3O2/c1-11-17(12(2)26(25-11)15-8-6-13(20)7-9-15)18(27)24-14-4-3-5-16(10-14)28-19(21,22)23/h3-10H,1-2H3,(H,24,27). The lowest BCUT2D eigenvalue weighted by atomic mass is 10.1. The minimum Gasteiger partial charge on any atom is -0.406 e. The molecule has 1 aromatic heterocycles. The number of hydrogen-bond acceptors (Lipinski definition) is 3. The van der Waals surface area contributed by atoms with Gasteiger partial charge in [-0.1, -0.05) is 6.07 Å². The first-order valence-corrected chi connectivity index (χ1v) is 8.13. The molecule has 1 heterocycles. The highest BCUT2D eigenvalue weighted by atomic mass is 19.4. The van der Waals surface area contributed by atoms with E-state index in [0.717, 1.165) is 12.1 Å². The normalized spacial score (nSPS) is 11.4.